The second kappa shape index (κ2) is 7.39. The van der Waals surface area contributed by atoms with Crippen LogP contribution in [0.5, 0.6) is 0 Å². The maximum atomic E-state index is 11.7. The van der Waals surface area contributed by atoms with E-state index in [0.29, 0.717) is 5.92 Å². The number of benzene rings is 1. The van der Waals surface area contributed by atoms with Crippen LogP contribution in [0.3, 0.4) is 0 Å². The van der Waals surface area contributed by atoms with E-state index in [-0.39, 0.29) is 4.80 Å². The van der Waals surface area contributed by atoms with Gasteiger partial charge in [-0.2, -0.15) is 5.10 Å². The van der Waals surface area contributed by atoms with E-state index >= 15 is 0 Å². The molecule has 0 spiro atoms. The second-order valence-corrected chi connectivity index (χ2v) is 10.0. The summed E-state index contributed by atoms with van der Waals surface area (Å²) in [5, 5.41) is 12.6. The van der Waals surface area contributed by atoms with Crippen molar-refractivity contribution in [1.82, 2.24) is 14.7 Å². The standard InChI is InChI=1S/C17H24N4O2S2/c1-13(25(2,22)23)21-17(18)24-16(19-21)15-8-10-20(11-9-15)12-14-6-4-3-5-7-14/h3-7,13,15,18H,8-12H2,1-2H3. The molecule has 0 amide bonds. The average Bonchev–Trinajstić information content (AvgIpc) is 2.96. The van der Waals surface area contributed by atoms with Crippen LogP contribution < -0.4 is 4.80 Å². The van der Waals surface area contributed by atoms with Gasteiger partial charge in [0.2, 0.25) is 4.80 Å². The summed E-state index contributed by atoms with van der Waals surface area (Å²) < 4.78 is 24.8. The lowest BCUT2D eigenvalue weighted by Gasteiger charge is -2.30. The predicted molar refractivity (Wildman–Crippen MR) is 99.2 cm³/mol. The smallest absolute Gasteiger partial charge is 0.201 e. The summed E-state index contributed by atoms with van der Waals surface area (Å²) >= 11 is 1.31. The van der Waals surface area contributed by atoms with Crippen LogP contribution in [0, 0.1) is 5.41 Å². The molecular formula is C17H24N4O2S2. The first kappa shape index (κ1) is 18.3. The van der Waals surface area contributed by atoms with Crippen molar-refractivity contribution in [2.75, 3.05) is 19.3 Å². The van der Waals surface area contributed by atoms with Crippen molar-refractivity contribution < 1.29 is 8.42 Å². The second-order valence-electron chi connectivity index (χ2n) is 6.65. The predicted octanol–water partition coefficient (Wildman–Crippen LogP) is 2.37. The van der Waals surface area contributed by atoms with Crippen LogP contribution in [-0.2, 0) is 16.4 Å². The van der Waals surface area contributed by atoms with Gasteiger partial charge < -0.3 is 0 Å². The van der Waals surface area contributed by atoms with Gasteiger partial charge in [0.05, 0.1) is 0 Å². The van der Waals surface area contributed by atoms with Crippen LogP contribution in [0.25, 0.3) is 0 Å². The molecule has 1 N–H and O–H groups in total. The summed E-state index contributed by atoms with van der Waals surface area (Å²) in [6.07, 6.45) is 3.17. The van der Waals surface area contributed by atoms with Crippen molar-refractivity contribution >= 4 is 21.2 Å². The lowest BCUT2D eigenvalue weighted by Crippen LogP contribution is -2.32. The molecule has 3 rings (SSSR count). The summed E-state index contributed by atoms with van der Waals surface area (Å²) in [6.45, 7) is 4.53. The van der Waals surface area contributed by atoms with Crippen molar-refractivity contribution in [2.45, 2.75) is 37.6 Å². The quantitative estimate of drug-likeness (QED) is 0.864. The molecule has 8 heteroatoms. The van der Waals surface area contributed by atoms with Crippen molar-refractivity contribution in [3.05, 3.63) is 45.7 Å². The molecule has 2 heterocycles. The Kier molecular flexibility index (Phi) is 5.41. The number of aromatic nitrogens is 2. The Morgan fingerprint density at radius 1 is 1.28 bits per heavy atom. The molecule has 6 nitrogen and oxygen atoms in total. The first-order chi connectivity index (χ1) is 11.8. The van der Waals surface area contributed by atoms with Crippen molar-refractivity contribution in [1.29, 1.82) is 5.41 Å². The van der Waals surface area contributed by atoms with Crippen LogP contribution in [0.2, 0.25) is 0 Å². The molecular weight excluding hydrogens is 356 g/mol. The van der Waals surface area contributed by atoms with Gasteiger partial charge >= 0.3 is 0 Å². The Morgan fingerprint density at radius 3 is 2.52 bits per heavy atom. The highest BCUT2D eigenvalue weighted by Gasteiger charge is 2.26. The molecule has 1 aromatic heterocycles. The molecule has 1 unspecified atom stereocenters. The maximum Gasteiger partial charge on any atom is 0.201 e. The largest absolute Gasteiger partial charge is 0.299 e. The van der Waals surface area contributed by atoms with E-state index in [9.17, 15) is 8.42 Å². The zero-order chi connectivity index (χ0) is 18.0. The van der Waals surface area contributed by atoms with Crippen molar-refractivity contribution in [3.63, 3.8) is 0 Å². The van der Waals surface area contributed by atoms with E-state index in [2.05, 4.69) is 34.3 Å². The first-order valence-corrected chi connectivity index (χ1v) is 11.2. The Hall–Kier alpha value is -1.51. The number of nitrogens with zero attached hydrogens (tertiary/aromatic N) is 3. The minimum absolute atomic E-state index is 0.208. The van der Waals surface area contributed by atoms with Crippen LogP contribution in [0.4, 0.5) is 0 Å². The summed E-state index contributed by atoms with van der Waals surface area (Å²) in [7, 11) is -3.26. The molecule has 0 radical (unpaired) electrons. The number of nitrogens with one attached hydrogen (secondary N) is 1. The minimum atomic E-state index is -3.26. The third kappa shape index (κ3) is 4.37. The van der Waals surface area contributed by atoms with Gasteiger partial charge in [0.1, 0.15) is 5.01 Å². The average molecular weight is 381 g/mol. The van der Waals surface area contributed by atoms with E-state index < -0.39 is 15.2 Å². The molecule has 1 aromatic carbocycles. The Balaban J connectivity index is 1.65. The van der Waals surface area contributed by atoms with E-state index in [1.165, 1.54) is 27.8 Å². The van der Waals surface area contributed by atoms with Crippen molar-refractivity contribution in [3.8, 4) is 0 Å². The number of hydrogen-bond donors (Lipinski definition) is 1. The van der Waals surface area contributed by atoms with Gasteiger partial charge in [-0.15, -0.1) is 0 Å². The first-order valence-electron chi connectivity index (χ1n) is 8.44. The fraction of sp³-hybridized carbons (Fsp3) is 0.529. The van der Waals surface area contributed by atoms with Gasteiger partial charge in [0.25, 0.3) is 0 Å². The van der Waals surface area contributed by atoms with Gasteiger partial charge in [0, 0.05) is 18.7 Å². The minimum Gasteiger partial charge on any atom is -0.299 e. The summed E-state index contributed by atoms with van der Waals surface area (Å²) in [6, 6.07) is 10.5. The van der Waals surface area contributed by atoms with Gasteiger partial charge in [-0.25, -0.2) is 13.1 Å². The highest BCUT2D eigenvalue weighted by molar-refractivity contribution is 7.90. The molecule has 1 atom stereocenters. The lowest BCUT2D eigenvalue weighted by molar-refractivity contribution is 0.204. The van der Waals surface area contributed by atoms with E-state index in [1.54, 1.807) is 6.92 Å². The lowest BCUT2D eigenvalue weighted by atomic mass is 9.97. The Labute approximate surface area is 152 Å². The zero-order valence-electron chi connectivity index (χ0n) is 14.6. The fourth-order valence-corrected chi connectivity index (χ4v) is 4.69. The van der Waals surface area contributed by atoms with E-state index in [0.717, 1.165) is 37.5 Å². The van der Waals surface area contributed by atoms with Gasteiger partial charge in [-0.05, 0) is 38.4 Å². The number of hydrogen-bond acceptors (Lipinski definition) is 6. The number of sulfone groups is 1. The van der Waals surface area contributed by atoms with Crippen LogP contribution in [-0.4, -0.2) is 42.4 Å². The third-order valence-electron chi connectivity index (χ3n) is 4.77. The van der Waals surface area contributed by atoms with Crippen LogP contribution >= 0.6 is 11.3 Å². The van der Waals surface area contributed by atoms with Crippen molar-refractivity contribution in [2.24, 2.45) is 0 Å². The number of likely N-dealkylation sites (tertiary alicyclic amines) is 1. The Bertz CT molecular complexity index is 866. The third-order valence-corrected chi connectivity index (χ3v) is 7.21. The van der Waals surface area contributed by atoms with E-state index in [4.69, 9.17) is 5.41 Å². The zero-order valence-corrected chi connectivity index (χ0v) is 16.2. The summed E-state index contributed by atoms with van der Waals surface area (Å²) in [4.78, 5) is 2.65. The SMILES string of the molecule is CC(n1nc(C2CCN(Cc3ccccc3)CC2)sc1=N)S(C)(=O)=O. The Morgan fingerprint density at radius 2 is 1.92 bits per heavy atom. The highest BCUT2D eigenvalue weighted by atomic mass is 32.2. The summed E-state index contributed by atoms with van der Waals surface area (Å²) in [5.74, 6) is 0.314. The maximum absolute atomic E-state index is 11.7. The highest BCUT2D eigenvalue weighted by Crippen LogP contribution is 2.29. The van der Waals surface area contributed by atoms with Crippen LogP contribution in [0.1, 0.15) is 41.6 Å². The van der Waals surface area contributed by atoms with E-state index in [1.807, 2.05) is 6.07 Å². The molecule has 136 valence electrons. The molecule has 0 saturated carbocycles. The molecule has 0 aliphatic carbocycles. The number of piperidine rings is 1. The van der Waals surface area contributed by atoms with Gasteiger partial charge in [0.15, 0.2) is 15.2 Å². The van der Waals surface area contributed by atoms with Gasteiger partial charge in [-0.3, -0.25) is 10.3 Å². The monoisotopic (exact) mass is 380 g/mol. The molecule has 0 bridgehead atoms. The van der Waals surface area contributed by atoms with Gasteiger partial charge in [-0.1, -0.05) is 41.7 Å². The van der Waals surface area contributed by atoms with Crippen LogP contribution in [0.15, 0.2) is 30.3 Å². The molecule has 2 aromatic rings. The summed E-state index contributed by atoms with van der Waals surface area (Å²) in [5.41, 5.74) is 1.32. The molecule has 1 aliphatic heterocycles. The molecule has 1 fully saturated rings. The molecule has 1 saturated heterocycles. The number of rotatable bonds is 5. The molecule has 1 aliphatic rings. The molecule has 25 heavy (non-hydrogen) atoms. The topological polar surface area (TPSA) is 79.1 Å². The fourth-order valence-electron chi connectivity index (χ4n) is 3.09. The normalized spacial score (nSPS) is 18.3.